The summed E-state index contributed by atoms with van der Waals surface area (Å²) >= 11 is 0. The highest BCUT2D eigenvalue weighted by Crippen LogP contribution is 1.95. The van der Waals surface area contributed by atoms with Crippen molar-refractivity contribution in [2.24, 2.45) is 0 Å². The predicted molar refractivity (Wildman–Crippen MR) is 46.7 cm³/mol. The molecule has 0 bridgehead atoms. The molecule has 0 fully saturated rings. The Morgan fingerprint density at radius 2 is 2.25 bits per heavy atom. The molecule has 2 N–H and O–H groups in total. The molecule has 72 valence electrons. The van der Waals surface area contributed by atoms with Gasteiger partial charge >= 0.3 is 0 Å². The first-order valence-corrected chi connectivity index (χ1v) is 4.27. The van der Waals surface area contributed by atoms with Gasteiger partial charge in [0, 0.05) is 6.54 Å². The van der Waals surface area contributed by atoms with E-state index in [1.165, 1.54) is 0 Å². The second kappa shape index (κ2) is 7.03. The van der Waals surface area contributed by atoms with Gasteiger partial charge in [-0.15, -0.1) is 0 Å². The molecule has 0 spiro atoms. The number of nitrogens with one attached hydrogen (secondary N) is 2. The molecule has 0 saturated heterocycles. The van der Waals surface area contributed by atoms with Gasteiger partial charge in [-0.1, -0.05) is 13.3 Å². The van der Waals surface area contributed by atoms with Gasteiger partial charge in [0.15, 0.2) is 0 Å². The third kappa shape index (κ3) is 4.28. The summed E-state index contributed by atoms with van der Waals surface area (Å²) in [6, 6.07) is -0.179. The Labute approximate surface area is 72.7 Å². The van der Waals surface area contributed by atoms with E-state index in [-0.39, 0.29) is 18.5 Å². The number of carbonyl (C=O) groups is 1. The predicted octanol–water partition coefficient (Wildman–Crippen LogP) is 0.460. The van der Waals surface area contributed by atoms with E-state index in [2.05, 4.69) is 10.6 Å². The van der Waals surface area contributed by atoms with Gasteiger partial charge < -0.3 is 10.6 Å². The Morgan fingerprint density at radius 1 is 1.58 bits per heavy atom. The zero-order chi connectivity index (χ0) is 9.40. The summed E-state index contributed by atoms with van der Waals surface area (Å²) in [5.74, 6) is -0.114. The van der Waals surface area contributed by atoms with Gasteiger partial charge in [-0.25, -0.2) is 4.39 Å². The topological polar surface area (TPSA) is 41.1 Å². The monoisotopic (exact) mass is 176 g/mol. The van der Waals surface area contributed by atoms with E-state index in [0.29, 0.717) is 0 Å². The van der Waals surface area contributed by atoms with Gasteiger partial charge in [0.2, 0.25) is 5.91 Å². The van der Waals surface area contributed by atoms with Crippen LogP contribution in [-0.2, 0) is 4.79 Å². The van der Waals surface area contributed by atoms with Crippen molar-refractivity contribution in [1.29, 1.82) is 0 Å². The molecule has 1 amide bonds. The summed E-state index contributed by atoms with van der Waals surface area (Å²) in [4.78, 5) is 11.2. The first-order chi connectivity index (χ1) is 5.76. The summed E-state index contributed by atoms with van der Waals surface area (Å²) in [7, 11) is 1.73. The lowest BCUT2D eigenvalue weighted by Crippen LogP contribution is -2.43. The van der Waals surface area contributed by atoms with Crippen LogP contribution in [0.2, 0.25) is 0 Å². The minimum Gasteiger partial charge on any atom is -0.352 e. The Hall–Kier alpha value is -0.640. The van der Waals surface area contributed by atoms with Gasteiger partial charge in [0.1, 0.15) is 6.67 Å². The minimum atomic E-state index is -0.506. The van der Waals surface area contributed by atoms with Crippen LogP contribution in [0.15, 0.2) is 0 Å². The highest BCUT2D eigenvalue weighted by Gasteiger charge is 2.13. The normalized spacial score (nSPS) is 12.6. The molecule has 0 heterocycles. The number of amides is 1. The van der Waals surface area contributed by atoms with E-state index in [9.17, 15) is 9.18 Å². The lowest BCUT2D eigenvalue weighted by molar-refractivity contribution is -0.123. The zero-order valence-corrected chi connectivity index (χ0v) is 7.69. The van der Waals surface area contributed by atoms with Crippen LogP contribution in [0.4, 0.5) is 4.39 Å². The van der Waals surface area contributed by atoms with Crippen molar-refractivity contribution < 1.29 is 9.18 Å². The molecular weight excluding hydrogens is 159 g/mol. The minimum absolute atomic E-state index is 0.112. The second-order valence-corrected chi connectivity index (χ2v) is 2.61. The number of hydrogen-bond acceptors (Lipinski definition) is 2. The number of likely N-dealkylation sites (N-methyl/N-ethyl adjacent to an activating group) is 1. The number of carbonyl (C=O) groups excluding carboxylic acids is 1. The van der Waals surface area contributed by atoms with Crippen LogP contribution >= 0.6 is 0 Å². The van der Waals surface area contributed by atoms with Crippen LogP contribution in [0.1, 0.15) is 19.8 Å². The Bertz CT molecular complexity index is 130. The van der Waals surface area contributed by atoms with Gasteiger partial charge in [-0.3, -0.25) is 4.79 Å². The van der Waals surface area contributed by atoms with Crippen LogP contribution < -0.4 is 10.6 Å². The second-order valence-electron chi connectivity index (χ2n) is 2.61. The van der Waals surface area contributed by atoms with Gasteiger partial charge in [-0.2, -0.15) is 0 Å². The van der Waals surface area contributed by atoms with Gasteiger partial charge in [-0.05, 0) is 13.5 Å². The van der Waals surface area contributed by atoms with Crippen molar-refractivity contribution in [1.82, 2.24) is 10.6 Å². The first-order valence-electron chi connectivity index (χ1n) is 4.27. The van der Waals surface area contributed by atoms with Crippen LogP contribution in [0.5, 0.6) is 0 Å². The maximum absolute atomic E-state index is 11.7. The molecule has 1 atom stereocenters. The molecule has 12 heavy (non-hydrogen) atoms. The molecule has 3 nitrogen and oxygen atoms in total. The van der Waals surface area contributed by atoms with Crippen LogP contribution in [-0.4, -0.2) is 32.2 Å². The van der Waals surface area contributed by atoms with Crippen molar-refractivity contribution in [2.45, 2.75) is 25.8 Å². The van der Waals surface area contributed by atoms with E-state index in [1.54, 1.807) is 7.05 Å². The third-order valence-corrected chi connectivity index (χ3v) is 1.64. The fourth-order valence-corrected chi connectivity index (χ4v) is 0.989. The number of hydrogen-bond donors (Lipinski definition) is 2. The molecule has 0 aromatic carbocycles. The third-order valence-electron chi connectivity index (χ3n) is 1.64. The summed E-state index contributed by atoms with van der Waals surface area (Å²) in [6.45, 7) is 1.61. The number of alkyl halides is 1. The molecule has 0 aliphatic heterocycles. The van der Waals surface area contributed by atoms with Crippen molar-refractivity contribution in [3.8, 4) is 0 Å². The Morgan fingerprint density at radius 3 is 2.67 bits per heavy atom. The summed E-state index contributed by atoms with van der Waals surface area (Å²) in [5.41, 5.74) is 0. The molecule has 0 rings (SSSR count). The Kier molecular flexibility index (Phi) is 6.66. The van der Waals surface area contributed by atoms with E-state index in [0.717, 1.165) is 12.8 Å². The van der Waals surface area contributed by atoms with E-state index in [4.69, 9.17) is 0 Å². The summed E-state index contributed by atoms with van der Waals surface area (Å²) in [5, 5.41) is 5.37. The van der Waals surface area contributed by atoms with Crippen molar-refractivity contribution in [2.75, 3.05) is 20.3 Å². The molecule has 0 saturated carbocycles. The largest absolute Gasteiger partial charge is 0.352 e. The lowest BCUT2D eigenvalue weighted by Gasteiger charge is -2.13. The molecular formula is C8H17FN2O. The van der Waals surface area contributed by atoms with Crippen LogP contribution in [0.3, 0.4) is 0 Å². The average Bonchev–Trinajstić information content (AvgIpc) is 2.10. The first kappa shape index (κ1) is 11.4. The number of rotatable bonds is 6. The fraction of sp³-hybridized carbons (Fsp3) is 0.875. The molecule has 0 aromatic rings. The quantitative estimate of drug-likeness (QED) is 0.617. The van der Waals surface area contributed by atoms with Crippen molar-refractivity contribution >= 4 is 5.91 Å². The summed E-state index contributed by atoms with van der Waals surface area (Å²) < 4.78 is 11.7. The van der Waals surface area contributed by atoms with Crippen molar-refractivity contribution in [3.05, 3.63) is 0 Å². The standard InChI is InChI=1S/C8H17FN2O/c1-3-4-7(10-2)8(12)11-6-5-9/h7,10H,3-6H2,1-2H3,(H,11,12). The Balaban J connectivity index is 3.69. The van der Waals surface area contributed by atoms with Gasteiger partial charge in [0.05, 0.1) is 6.04 Å². The van der Waals surface area contributed by atoms with E-state index >= 15 is 0 Å². The van der Waals surface area contributed by atoms with Gasteiger partial charge in [0.25, 0.3) is 0 Å². The zero-order valence-electron chi connectivity index (χ0n) is 7.69. The molecule has 0 aliphatic rings. The molecule has 0 aromatic heterocycles. The van der Waals surface area contributed by atoms with Crippen molar-refractivity contribution in [3.63, 3.8) is 0 Å². The van der Waals surface area contributed by atoms with E-state index < -0.39 is 6.67 Å². The highest BCUT2D eigenvalue weighted by atomic mass is 19.1. The lowest BCUT2D eigenvalue weighted by atomic mass is 10.1. The smallest absolute Gasteiger partial charge is 0.237 e. The number of halogens is 1. The van der Waals surface area contributed by atoms with Crippen LogP contribution in [0.25, 0.3) is 0 Å². The maximum Gasteiger partial charge on any atom is 0.237 e. The van der Waals surface area contributed by atoms with Crippen LogP contribution in [0, 0.1) is 0 Å². The fourth-order valence-electron chi connectivity index (χ4n) is 0.989. The molecule has 0 radical (unpaired) electrons. The summed E-state index contributed by atoms with van der Waals surface area (Å²) in [6.07, 6.45) is 1.73. The average molecular weight is 176 g/mol. The maximum atomic E-state index is 11.7. The highest BCUT2D eigenvalue weighted by molar-refractivity contribution is 5.81. The molecule has 1 unspecified atom stereocenters. The van der Waals surface area contributed by atoms with E-state index in [1.807, 2.05) is 6.92 Å². The molecule has 4 heteroatoms. The molecule has 0 aliphatic carbocycles. The SMILES string of the molecule is CCCC(NC)C(=O)NCCF.